The standard InChI is InChI=1S/C24H21FN2O4/c25-19-5-3-18(4-6-19)24(11-13-29-14-12-24)27-23(28)22-10-9-21(31-22)16-30-20-7-1-17(15-26)2-8-20/h1-10H,11-14,16H2,(H,27,28). The molecule has 31 heavy (non-hydrogen) atoms. The molecule has 1 aliphatic rings. The molecule has 0 bridgehead atoms. The average Bonchev–Trinajstić information content (AvgIpc) is 3.28. The van der Waals surface area contributed by atoms with E-state index in [2.05, 4.69) is 5.32 Å². The smallest absolute Gasteiger partial charge is 0.287 e. The number of carbonyl (C=O) groups excluding carboxylic acids is 1. The number of benzene rings is 2. The van der Waals surface area contributed by atoms with Gasteiger partial charge < -0.3 is 19.2 Å². The maximum absolute atomic E-state index is 13.4. The predicted molar refractivity (Wildman–Crippen MR) is 110 cm³/mol. The van der Waals surface area contributed by atoms with E-state index >= 15 is 0 Å². The first-order chi connectivity index (χ1) is 15.1. The molecule has 6 nitrogen and oxygen atoms in total. The Morgan fingerprint density at radius 2 is 1.77 bits per heavy atom. The number of ether oxygens (including phenoxy) is 2. The van der Waals surface area contributed by atoms with E-state index in [0.717, 1.165) is 5.56 Å². The summed E-state index contributed by atoms with van der Waals surface area (Å²) in [6, 6.07) is 18.2. The van der Waals surface area contributed by atoms with E-state index in [4.69, 9.17) is 19.2 Å². The number of nitrogens with one attached hydrogen (secondary N) is 1. The van der Waals surface area contributed by atoms with Gasteiger partial charge >= 0.3 is 0 Å². The highest BCUT2D eigenvalue weighted by atomic mass is 19.1. The lowest BCUT2D eigenvalue weighted by Crippen LogP contribution is -2.49. The van der Waals surface area contributed by atoms with Crippen molar-refractivity contribution in [3.05, 3.63) is 89.1 Å². The molecule has 0 radical (unpaired) electrons. The van der Waals surface area contributed by atoms with Crippen LogP contribution in [0, 0.1) is 17.1 Å². The van der Waals surface area contributed by atoms with Crippen molar-refractivity contribution < 1.29 is 23.1 Å². The second kappa shape index (κ2) is 9.02. The van der Waals surface area contributed by atoms with Gasteiger partial charge in [-0.1, -0.05) is 12.1 Å². The van der Waals surface area contributed by atoms with Crippen LogP contribution in [0.1, 0.15) is 40.3 Å². The van der Waals surface area contributed by atoms with Crippen LogP contribution in [0.25, 0.3) is 0 Å². The van der Waals surface area contributed by atoms with Gasteiger partial charge in [-0.05, 0) is 66.9 Å². The minimum absolute atomic E-state index is 0.149. The number of amides is 1. The maximum Gasteiger partial charge on any atom is 0.287 e. The molecule has 0 spiro atoms. The van der Waals surface area contributed by atoms with E-state index in [1.807, 2.05) is 6.07 Å². The molecule has 2 aromatic carbocycles. The average molecular weight is 420 g/mol. The molecule has 0 saturated carbocycles. The SMILES string of the molecule is N#Cc1ccc(OCc2ccc(C(=O)NC3(c4ccc(F)cc4)CCOCC3)o2)cc1. The van der Waals surface area contributed by atoms with Crippen molar-refractivity contribution in [2.75, 3.05) is 13.2 Å². The highest BCUT2D eigenvalue weighted by Crippen LogP contribution is 2.33. The van der Waals surface area contributed by atoms with Crippen LogP contribution in [-0.4, -0.2) is 19.1 Å². The second-order valence-electron chi connectivity index (χ2n) is 7.35. The molecule has 1 aromatic heterocycles. The molecule has 4 rings (SSSR count). The van der Waals surface area contributed by atoms with Crippen LogP contribution < -0.4 is 10.1 Å². The van der Waals surface area contributed by atoms with Crippen LogP contribution in [0.5, 0.6) is 5.75 Å². The van der Waals surface area contributed by atoms with E-state index in [1.165, 1.54) is 12.1 Å². The highest BCUT2D eigenvalue weighted by Gasteiger charge is 2.36. The lowest BCUT2D eigenvalue weighted by atomic mass is 9.82. The molecule has 1 saturated heterocycles. The number of carbonyl (C=O) groups is 1. The van der Waals surface area contributed by atoms with Crippen LogP contribution in [0.15, 0.2) is 65.1 Å². The largest absolute Gasteiger partial charge is 0.486 e. The fourth-order valence-electron chi connectivity index (χ4n) is 3.61. The lowest BCUT2D eigenvalue weighted by Gasteiger charge is -2.38. The second-order valence-corrected chi connectivity index (χ2v) is 7.35. The molecule has 1 fully saturated rings. The zero-order valence-electron chi connectivity index (χ0n) is 16.8. The van der Waals surface area contributed by atoms with Gasteiger partial charge in [-0.15, -0.1) is 0 Å². The van der Waals surface area contributed by atoms with E-state index in [1.54, 1.807) is 48.5 Å². The first-order valence-corrected chi connectivity index (χ1v) is 9.96. The topological polar surface area (TPSA) is 84.5 Å². The van der Waals surface area contributed by atoms with Crippen LogP contribution in [0.3, 0.4) is 0 Å². The van der Waals surface area contributed by atoms with Crippen molar-refractivity contribution in [2.24, 2.45) is 0 Å². The summed E-state index contributed by atoms with van der Waals surface area (Å²) in [7, 11) is 0. The molecule has 158 valence electrons. The summed E-state index contributed by atoms with van der Waals surface area (Å²) in [5, 5.41) is 11.9. The molecule has 0 aliphatic carbocycles. The Kier molecular flexibility index (Phi) is 6.01. The van der Waals surface area contributed by atoms with Crippen molar-refractivity contribution >= 4 is 5.91 Å². The molecule has 3 aromatic rings. The third-order valence-electron chi connectivity index (χ3n) is 5.35. The van der Waals surface area contributed by atoms with E-state index in [-0.39, 0.29) is 24.1 Å². The lowest BCUT2D eigenvalue weighted by molar-refractivity contribution is 0.0336. The number of hydrogen-bond donors (Lipinski definition) is 1. The summed E-state index contributed by atoms with van der Waals surface area (Å²) in [5.74, 6) is 0.591. The first-order valence-electron chi connectivity index (χ1n) is 9.96. The summed E-state index contributed by atoms with van der Waals surface area (Å²) >= 11 is 0. The molecule has 1 aliphatic heterocycles. The van der Waals surface area contributed by atoms with Gasteiger partial charge in [0.15, 0.2) is 5.76 Å². The monoisotopic (exact) mass is 420 g/mol. The molecular formula is C24H21FN2O4. The zero-order chi connectivity index (χ0) is 21.7. The van der Waals surface area contributed by atoms with Gasteiger partial charge in [0, 0.05) is 13.2 Å². The van der Waals surface area contributed by atoms with Crippen molar-refractivity contribution in [3.63, 3.8) is 0 Å². The van der Waals surface area contributed by atoms with E-state index in [0.29, 0.717) is 43.1 Å². The summed E-state index contributed by atoms with van der Waals surface area (Å²) in [6.07, 6.45) is 1.17. The van der Waals surface area contributed by atoms with Gasteiger partial charge in [-0.3, -0.25) is 4.79 Å². The Morgan fingerprint density at radius 1 is 1.06 bits per heavy atom. The maximum atomic E-state index is 13.4. The third kappa shape index (κ3) is 4.76. The molecule has 7 heteroatoms. The Hall–Kier alpha value is -3.63. The fourth-order valence-corrected chi connectivity index (χ4v) is 3.61. The van der Waals surface area contributed by atoms with Crippen molar-refractivity contribution in [1.29, 1.82) is 5.26 Å². The van der Waals surface area contributed by atoms with Gasteiger partial charge in [0.05, 0.1) is 17.2 Å². The third-order valence-corrected chi connectivity index (χ3v) is 5.35. The fraction of sp³-hybridized carbons (Fsp3) is 0.250. The summed E-state index contributed by atoms with van der Waals surface area (Å²) in [4.78, 5) is 12.9. The zero-order valence-corrected chi connectivity index (χ0v) is 16.8. The van der Waals surface area contributed by atoms with Gasteiger partial charge in [-0.2, -0.15) is 5.26 Å². The van der Waals surface area contributed by atoms with Gasteiger partial charge in [0.2, 0.25) is 0 Å². The van der Waals surface area contributed by atoms with Crippen molar-refractivity contribution in [1.82, 2.24) is 5.32 Å². The number of furan rings is 1. The van der Waals surface area contributed by atoms with E-state index in [9.17, 15) is 9.18 Å². The van der Waals surface area contributed by atoms with Crippen LogP contribution in [0.4, 0.5) is 4.39 Å². The Balaban J connectivity index is 1.44. The van der Waals surface area contributed by atoms with Gasteiger partial charge in [0.25, 0.3) is 5.91 Å². The molecular weight excluding hydrogens is 399 g/mol. The van der Waals surface area contributed by atoms with Crippen LogP contribution in [-0.2, 0) is 16.9 Å². The van der Waals surface area contributed by atoms with Crippen LogP contribution >= 0.6 is 0 Å². The summed E-state index contributed by atoms with van der Waals surface area (Å²) in [6.45, 7) is 1.15. The van der Waals surface area contributed by atoms with Crippen LogP contribution in [0.2, 0.25) is 0 Å². The van der Waals surface area contributed by atoms with Crippen molar-refractivity contribution in [3.8, 4) is 11.8 Å². The Labute approximate surface area is 179 Å². The molecule has 0 unspecified atom stereocenters. The summed E-state index contributed by atoms with van der Waals surface area (Å²) in [5.41, 5.74) is 0.739. The van der Waals surface area contributed by atoms with E-state index < -0.39 is 5.54 Å². The molecule has 1 N–H and O–H groups in total. The number of rotatable bonds is 6. The molecule has 1 amide bonds. The minimum atomic E-state index is -0.644. The molecule has 0 atom stereocenters. The normalized spacial score (nSPS) is 15.1. The number of halogens is 1. The number of hydrogen-bond acceptors (Lipinski definition) is 5. The predicted octanol–water partition coefficient (Wildman–Crippen LogP) is 4.31. The van der Waals surface area contributed by atoms with Gasteiger partial charge in [0.1, 0.15) is 23.9 Å². The Bertz CT molecular complexity index is 1080. The highest BCUT2D eigenvalue weighted by molar-refractivity contribution is 5.92. The Morgan fingerprint density at radius 3 is 2.45 bits per heavy atom. The number of nitriles is 1. The van der Waals surface area contributed by atoms with Gasteiger partial charge in [-0.25, -0.2) is 4.39 Å². The minimum Gasteiger partial charge on any atom is -0.486 e. The summed E-state index contributed by atoms with van der Waals surface area (Å²) < 4.78 is 30.2. The number of nitrogens with zero attached hydrogens (tertiary/aromatic N) is 1. The first kappa shape index (κ1) is 20.6. The van der Waals surface area contributed by atoms with Crippen molar-refractivity contribution in [2.45, 2.75) is 25.0 Å². The quantitative estimate of drug-likeness (QED) is 0.643. The molecule has 2 heterocycles.